The summed E-state index contributed by atoms with van der Waals surface area (Å²) in [6.45, 7) is 0.399. The maximum Gasteiger partial charge on any atom is 0.220 e. The molecule has 0 radical (unpaired) electrons. The number of amides is 1. The minimum Gasteiger partial charge on any atom is -0.496 e. The van der Waals surface area contributed by atoms with Crippen LogP contribution in [0.5, 0.6) is 5.75 Å². The van der Waals surface area contributed by atoms with Crippen molar-refractivity contribution in [2.75, 3.05) is 7.11 Å². The van der Waals surface area contributed by atoms with Crippen molar-refractivity contribution < 1.29 is 14.3 Å². The molecule has 0 aromatic heterocycles. The van der Waals surface area contributed by atoms with E-state index in [9.17, 15) is 9.59 Å². The number of para-hydroxylation sites is 1. The van der Waals surface area contributed by atoms with Crippen LogP contribution in [0.25, 0.3) is 0 Å². The third-order valence-electron chi connectivity index (χ3n) is 4.92. The number of Topliss-reactive ketones (excluding diaryl/α,β-unsaturated/α-hetero) is 1. The van der Waals surface area contributed by atoms with Crippen LogP contribution in [-0.2, 0) is 24.2 Å². The second kappa shape index (κ2) is 8.65. The van der Waals surface area contributed by atoms with Gasteiger partial charge in [-0.25, -0.2) is 0 Å². The Kier molecular flexibility index (Phi) is 6.05. The van der Waals surface area contributed by atoms with E-state index in [0.29, 0.717) is 6.54 Å². The molecule has 0 saturated heterocycles. The van der Waals surface area contributed by atoms with Gasteiger partial charge in [-0.3, -0.25) is 9.59 Å². The third kappa shape index (κ3) is 4.51. The Balaban J connectivity index is 1.50. The largest absolute Gasteiger partial charge is 0.496 e. The molecule has 1 aliphatic carbocycles. The number of benzene rings is 2. The van der Waals surface area contributed by atoms with Crippen molar-refractivity contribution in [3.05, 3.63) is 64.7 Å². The van der Waals surface area contributed by atoms with Crippen molar-refractivity contribution in [3.63, 3.8) is 0 Å². The van der Waals surface area contributed by atoms with E-state index in [1.54, 1.807) is 7.11 Å². The molecule has 0 saturated carbocycles. The molecule has 0 aliphatic heterocycles. The normalized spacial score (nSPS) is 13.0. The van der Waals surface area contributed by atoms with E-state index < -0.39 is 0 Å². The van der Waals surface area contributed by atoms with Gasteiger partial charge in [-0.2, -0.15) is 0 Å². The zero-order valence-corrected chi connectivity index (χ0v) is 15.2. The number of rotatable bonds is 7. The van der Waals surface area contributed by atoms with Crippen LogP contribution >= 0.6 is 0 Å². The number of carbonyl (C=O) groups excluding carboxylic acids is 2. The number of hydrogen-bond donors (Lipinski definition) is 1. The van der Waals surface area contributed by atoms with Gasteiger partial charge < -0.3 is 10.1 Å². The maximum atomic E-state index is 12.4. The number of carbonyl (C=O) groups is 2. The van der Waals surface area contributed by atoms with E-state index in [-0.39, 0.29) is 24.5 Å². The van der Waals surface area contributed by atoms with Crippen molar-refractivity contribution in [2.24, 2.45) is 0 Å². The van der Waals surface area contributed by atoms with Crippen LogP contribution in [0.3, 0.4) is 0 Å². The fraction of sp³-hybridized carbons (Fsp3) is 0.364. The first-order valence-corrected chi connectivity index (χ1v) is 9.21. The van der Waals surface area contributed by atoms with Crippen molar-refractivity contribution >= 4 is 11.7 Å². The zero-order chi connectivity index (χ0) is 18.4. The van der Waals surface area contributed by atoms with Crippen molar-refractivity contribution in [1.82, 2.24) is 5.32 Å². The average molecular weight is 351 g/mol. The van der Waals surface area contributed by atoms with Crippen LogP contribution in [0.4, 0.5) is 0 Å². The average Bonchev–Trinajstić information content (AvgIpc) is 2.70. The highest BCUT2D eigenvalue weighted by Crippen LogP contribution is 2.23. The molecule has 0 spiro atoms. The summed E-state index contributed by atoms with van der Waals surface area (Å²) < 4.78 is 5.27. The topological polar surface area (TPSA) is 55.4 Å². The molecule has 4 heteroatoms. The quantitative estimate of drug-likeness (QED) is 0.771. The number of methoxy groups -OCH3 is 1. The number of ketones is 1. The second-order valence-corrected chi connectivity index (χ2v) is 6.70. The van der Waals surface area contributed by atoms with Crippen LogP contribution < -0.4 is 10.1 Å². The van der Waals surface area contributed by atoms with Crippen LogP contribution in [0.2, 0.25) is 0 Å². The summed E-state index contributed by atoms with van der Waals surface area (Å²) in [6, 6.07) is 13.6. The molecule has 4 nitrogen and oxygen atoms in total. The lowest BCUT2D eigenvalue weighted by molar-refractivity contribution is -0.121. The fourth-order valence-corrected chi connectivity index (χ4v) is 3.41. The molecule has 136 valence electrons. The Morgan fingerprint density at radius 2 is 1.77 bits per heavy atom. The van der Waals surface area contributed by atoms with Gasteiger partial charge in [-0.15, -0.1) is 0 Å². The fourth-order valence-electron chi connectivity index (χ4n) is 3.41. The van der Waals surface area contributed by atoms with E-state index >= 15 is 0 Å². The maximum absolute atomic E-state index is 12.4. The van der Waals surface area contributed by atoms with Gasteiger partial charge in [0.25, 0.3) is 0 Å². The smallest absolute Gasteiger partial charge is 0.220 e. The van der Waals surface area contributed by atoms with E-state index in [4.69, 9.17) is 4.74 Å². The van der Waals surface area contributed by atoms with Crippen LogP contribution in [-0.4, -0.2) is 18.8 Å². The van der Waals surface area contributed by atoms with Gasteiger partial charge >= 0.3 is 0 Å². The van der Waals surface area contributed by atoms with E-state index in [0.717, 1.165) is 29.7 Å². The second-order valence-electron chi connectivity index (χ2n) is 6.70. The molecule has 0 fully saturated rings. The monoisotopic (exact) mass is 351 g/mol. The number of nitrogens with one attached hydrogen (secondary N) is 1. The van der Waals surface area contributed by atoms with Gasteiger partial charge in [-0.05, 0) is 48.9 Å². The summed E-state index contributed by atoms with van der Waals surface area (Å²) in [7, 11) is 1.61. The molecule has 0 unspecified atom stereocenters. The van der Waals surface area contributed by atoms with Gasteiger partial charge in [0.15, 0.2) is 5.78 Å². The highest BCUT2D eigenvalue weighted by atomic mass is 16.5. The zero-order valence-electron chi connectivity index (χ0n) is 15.2. The van der Waals surface area contributed by atoms with Gasteiger partial charge in [0.1, 0.15) is 5.75 Å². The number of fused-ring (bicyclic) bond motifs is 1. The van der Waals surface area contributed by atoms with Crippen LogP contribution in [0.15, 0.2) is 42.5 Å². The summed E-state index contributed by atoms with van der Waals surface area (Å²) in [5.74, 6) is 0.658. The predicted octanol–water partition coefficient (Wildman–Crippen LogP) is 3.85. The first-order valence-electron chi connectivity index (χ1n) is 9.21. The molecule has 2 aromatic rings. The summed E-state index contributed by atoms with van der Waals surface area (Å²) in [5, 5.41) is 2.86. The number of aryl methyl sites for hydroxylation is 2. The first-order chi connectivity index (χ1) is 12.7. The SMILES string of the molecule is COc1ccccc1CNC(=O)CCC(=O)c1ccc2c(c1)CCCC2. The van der Waals surface area contributed by atoms with Gasteiger partial charge in [0.05, 0.1) is 7.11 Å². The van der Waals surface area contributed by atoms with Gasteiger partial charge in [0, 0.05) is 30.5 Å². The molecule has 1 N–H and O–H groups in total. The standard InChI is InChI=1S/C22H25NO3/c1-26-21-9-5-4-8-19(21)15-23-22(25)13-12-20(24)18-11-10-16-6-2-3-7-17(16)14-18/h4-5,8-11,14H,2-3,6-7,12-13,15H2,1H3,(H,23,25). The Bertz CT molecular complexity index is 798. The van der Waals surface area contributed by atoms with Crippen molar-refractivity contribution in [2.45, 2.75) is 45.1 Å². The molecule has 2 aromatic carbocycles. The summed E-state index contributed by atoms with van der Waals surface area (Å²) in [6.07, 6.45) is 5.01. The van der Waals surface area contributed by atoms with Crippen molar-refractivity contribution in [3.8, 4) is 5.75 Å². The van der Waals surface area contributed by atoms with Crippen LogP contribution in [0.1, 0.15) is 52.7 Å². The van der Waals surface area contributed by atoms with E-state index in [1.165, 1.54) is 24.0 Å². The molecule has 1 aliphatic rings. The predicted molar refractivity (Wildman–Crippen MR) is 101 cm³/mol. The van der Waals surface area contributed by atoms with Gasteiger partial charge in [-0.1, -0.05) is 30.3 Å². The molecule has 3 rings (SSSR count). The lowest BCUT2D eigenvalue weighted by Gasteiger charge is -2.16. The highest BCUT2D eigenvalue weighted by molar-refractivity contribution is 5.98. The van der Waals surface area contributed by atoms with E-state index in [1.807, 2.05) is 36.4 Å². The molecule has 26 heavy (non-hydrogen) atoms. The highest BCUT2D eigenvalue weighted by Gasteiger charge is 2.14. The molecular formula is C22H25NO3. The summed E-state index contributed by atoms with van der Waals surface area (Å²) in [5.41, 5.74) is 4.30. The Morgan fingerprint density at radius 3 is 2.58 bits per heavy atom. The Hall–Kier alpha value is -2.62. The van der Waals surface area contributed by atoms with Crippen molar-refractivity contribution in [1.29, 1.82) is 0 Å². The third-order valence-corrected chi connectivity index (χ3v) is 4.92. The Morgan fingerprint density at radius 1 is 1.00 bits per heavy atom. The molecule has 0 bridgehead atoms. The van der Waals surface area contributed by atoms with E-state index in [2.05, 4.69) is 11.4 Å². The number of ether oxygens (including phenoxy) is 1. The molecule has 0 atom stereocenters. The molecule has 0 heterocycles. The summed E-state index contributed by atoms with van der Waals surface area (Å²) >= 11 is 0. The Labute approximate surface area is 154 Å². The minimum absolute atomic E-state index is 0.0332. The molecular weight excluding hydrogens is 326 g/mol. The molecule has 1 amide bonds. The lowest BCUT2D eigenvalue weighted by Crippen LogP contribution is -2.23. The number of hydrogen-bond acceptors (Lipinski definition) is 3. The summed E-state index contributed by atoms with van der Waals surface area (Å²) in [4.78, 5) is 24.5. The van der Waals surface area contributed by atoms with Gasteiger partial charge in [0.2, 0.25) is 5.91 Å². The van der Waals surface area contributed by atoms with Crippen LogP contribution in [0, 0.1) is 0 Å². The first kappa shape index (κ1) is 18.2. The minimum atomic E-state index is -0.123. The lowest BCUT2D eigenvalue weighted by atomic mass is 9.89.